The Morgan fingerprint density at radius 2 is 2.26 bits per heavy atom. The summed E-state index contributed by atoms with van der Waals surface area (Å²) in [4.78, 5) is 0. The Labute approximate surface area is 107 Å². The number of benzene rings is 1. The van der Waals surface area contributed by atoms with E-state index in [-0.39, 0.29) is 5.71 Å². The van der Waals surface area contributed by atoms with Crippen molar-refractivity contribution in [3.63, 3.8) is 0 Å². The number of nitrogens with two attached hydrogens (primary N) is 1. The highest BCUT2D eigenvalue weighted by Crippen LogP contribution is 2.28. The van der Waals surface area contributed by atoms with Crippen LogP contribution in [0.2, 0.25) is 0 Å². The monoisotopic (exact) mass is 259 g/mol. The second kappa shape index (κ2) is 5.01. The van der Waals surface area contributed by atoms with E-state index in [0.717, 1.165) is 0 Å². The Morgan fingerprint density at radius 3 is 2.89 bits per heavy atom. The third kappa shape index (κ3) is 2.27. The summed E-state index contributed by atoms with van der Waals surface area (Å²) in [5.41, 5.74) is 8.78. The number of hydrogen-bond donors (Lipinski definition) is 3. The molecule has 0 fully saturated rings. The molecular formula is C10H9N7O2. The van der Waals surface area contributed by atoms with Gasteiger partial charge in [-0.25, -0.2) is 4.63 Å². The van der Waals surface area contributed by atoms with Gasteiger partial charge in [0.25, 0.3) is 0 Å². The minimum atomic E-state index is -0.432. The molecule has 9 nitrogen and oxygen atoms in total. The summed E-state index contributed by atoms with van der Waals surface area (Å²) in [7, 11) is 1.50. The molecule has 4 N–H and O–H groups in total. The van der Waals surface area contributed by atoms with Crippen LogP contribution in [0, 0.1) is 16.7 Å². The molecule has 0 aliphatic carbocycles. The van der Waals surface area contributed by atoms with Crippen molar-refractivity contribution in [3.05, 3.63) is 12.1 Å². The van der Waals surface area contributed by atoms with E-state index in [9.17, 15) is 0 Å². The maximum Gasteiger partial charge on any atom is 0.201 e. The van der Waals surface area contributed by atoms with Gasteiger partial charge in [-0.1, -0.05) is 0 Å². The van der Waals surface area contributed by atoms with Crippen molar-refractivity contribution in [3.8, 4) is 11.8 Å². The summed E-state index contributed by atoms with van der Waals surface area (Å²) in [6.45, 7) is 0. The molecule has 1 aromatic carbocycles. The molecule has 1 aromatic heterocycles. The quantitative estimate of drug-likeness (QED) is 0.410. The molecule has 0 spiro atoms. The lowest BCUT2D eigenvalue weighted by molar-refractivity contribution is 0.314. The summed E-state index contributed by atoms with van der Waals surface area (Å²) < 4.78 is 9.72. The van der Waals surface area contributed by atoms with Gasteiger partial charge in [-0.3, -0.25) is 10.8 Å². The normalized spacial score (nSPS) is 11.1. The second-order valence-corrected chi connectivity index (χ2v) is 3.37. The van der Waals surface area contributed by atoms with Gasteiger partial charge in [0.15, 0.2) is 22.6 Å². The van der Waals surface area contributed by atoms with Crippen LogP contribution in [-0.4, -0.2) is 29.0 Å². The number of aromatic nitrogens is 2. The van der Waals surface area contributed by atoms with Gasteiger partial charge in [-0.05, 0) is 22.4 Å². The van der Waals surface area contributed by atoms with Crippen molar-refractivity contribution in [2.45, 2.75) is 0 Å². The van der Waals surface area contributed by atoms with Crippen LogP contribution >= 0.6 is 0 Å². The lowest BCUT2D eigenvalue weighted by Gasteiger charge is -2.03. The molecule has 0 amide bonds. The van der Waals surface area contributed by atoms with Gasteiger partial charge in [0.05, 0.1) is 12.8 Å². The van der Waals surface area contributed by atoms with Gasteiger partial charge in [-0.15, -0.1) is 0 Å². The predicted molar refractivity (Wildman–Crippen MR) is 66.9 cm³/mol. The number of fused-ring (bicyclic) bond motifs is 1. The van der Waals surface area contributed by atoms with Crippen LogP contribution in [0.3, 0.4) is 0 Å². The highest BCUT2D eigenvalue weighted by molar-refractivity contribution is 6.45. The molecular weight excluding hydrogens is 250 g/mol. The zero-order valence-corrected chi connectivity index (χ0v) is 9.84. The molecule has 0 unspecified atom stereocenters. The van der Waals surface area contributed by atoms with E-state index in [1.807, 2.05) is 0 Å². The molecule has 96 valence electrons. The van der Waals surface area contributed by atoms with E-state index < -0.39 is 5.84 Å². The molecule has 2 rings (SSSR count). The van der Waals surface area contributed by atoms with E-state index in [4.69, 9.17) is 21.1 Å². The zero-order chi connectivity index (χ0) is 13.8. The number of nitrogens with one attached hydrogen (secondary N) is 2. The van der Waals surface area contributed by atoms with Gasteiger partial charge < -0.3 is 10.5 Å². The first-order chi connectivity index (χ1) is 9.17. The average molecular weight is 259 g/mol. The highest BCUT2D eigenvalue weighted by Gasteiger charge is 2.12. The van der Waals surface area contributed by atoms with E-state index in [1.165, 1.54) is 7.11 Å². The molecule has 0 bridgehead atoms. The fourth-order valence-electron chi connectivity index (χ4n) is 1.36. The number of nitrogens with zero attached hydrogens (tertiary/aromatic N) is 4. The Kier molecular flexibility index (Phi) is 3.24. The van der Waals surface area contributed by atoms with Gasteiger partial charge in [-0.2, -0.15) is 10.4 Å². The summed E-state index contributed by atoms with van der Waals surface area (Å²) in [6.07, 6.45) is 0. The van der Waals surface area contributed by atoms with Crippen LogP contribution in [-0.2, 0) is 0 Å². The number of hydrogen-bond acceptors (Lipinski definition) is 8. The van der Waals surface area contributed by atoms with Crippen molar-refractivity contribution in [2.75, 3.05) is 12.5 Å². The smallest absolute Gasteiger partial charge is 0.201 e. The molecule has 2 aromatic rings. The van der Waals surface area contributed by atoms with Crippen LogP contribution < -0.4 is 15.9 Å². The lowest BCUT2D eigenvalue weighted by atomic mass is 10.2. The first kappa shape index (κ1) is 12.3. The predicted octanol–water partition coefficient (Wildman–Crippen LogP) is 0.459. The van der Waals surface area contributed by atoms with Crippen LogP contribution in [0.4, 0.5) is 5.69 Å². The topological polar surface area (TPSA) is 146 Å². The van der Waals surface area contributed by atoms with Crippen molar-refractivity contribution in [2.24, 2.45) is 10.8 Å². The number of amidine groups is 1. The van der Waals surface area contributed by atoms with Crippen molar-refractivity contribution < 1.29 is 9.37 Å². The molecule has 0 saturated heterocycles. The molecule has 9 heteroatoms. The Balaban J connectivity index is 2.40. The molecule has 1 heterocycles. The highest BCUT2D eigenvalue weighted by atomic mass is 16.6. The SMILES string of the molecule is COc1ccc(N/N=C(\C#N)C(=N)N)c2nonc12. The zero-order valence-electron chi connectivity index (χ0n) is 9.84. The maximum absolute atomic E-state index is 8.72. The summed E-state index contributed by atoms with van der Waals surface area (Å²) in [5.74, 6) is 0.0656. The van der Waals surface area contributed by atoms with Crippen LogP contribution in [0.15, 0.2) is 21.9 Å². The third-order valence-corrected chi connectivity index (χ3v) is 2.25. The Bertz CT molecular complexity index is 697. The van der Waals surface area contributed by atoms with E-state index >= 15 is 0 Å². The number of methoxy groups -OCH3 is 1. The lowest BCUT2D eigenvalue weighted by Crippen LogP contribution is -2.21. The van der Waals surface area contributed by atoms with Gasteiger partial charge >= 0.3 is 0 Å². The van der Waals surface area contributed by atoms with E-state index in [0.29, 0.717) is 22.5 Å². The first-order valence-corrected chi connectivity index (χ1v) is 5.04. The molecule has 0 aliphatic heterocycles. The minimum absolute atomic E-state index is 0.236. The third-order valence-electron chi connectivity index (χ3n) is 2.25. The fraction of sp³-hybridized carbons (Fsp3) is 0.100. The molecule has 0 atom stereocenters. The van der Waals surface area contributed by atoms with E-state index in [2.05, 4.69) is 25.5 Å². The summed E-state index contributed by atoms with van der Waals surface area (Å²) in [6, 6.07) is 4.96. The van der Waals surface area contributed by atoms with Crippen molar-refractivity contribution in [1.82, 2.24) is 10.3 Å². The maximum atomic E-state index is 8.72. The second-order valence-electron chi connectivity index (χ2n) is 3.37. The standard InChI is InChI=1S/C10H9N7O2/c1-18-7-3-2-5(8-9(7)17-19-16-8)14-15-6(4-11)10(12)13/h2-3,14H,1H3,(H3,12,13)/b15-6+. The largest absolute Gasteiger partial charge is 0.494 e. The van der Waals surface area contributed by atoms with Crippen molar-refractivity contribution >= 4 is 28.3 Å². The summed E-state index contributed by atoms with van der Waals surface area (Å²) >= 11 is 0. The Morgan fingerprint density at radius 1 is 1.53 bits per heavy atom. The van der Waals surface area contributed by atoms with Gasteiger partial charge in [0, 0.05) is 0 Å². The number of nitriles is 1. The molecule has 0 saturated carbocycles. The number of ether oxygens (including phenoxy) is 1. The Hall–Kier alpha value is -3.15. The molecule has 0 radical (unpaired) electrons. The fourth-order valence-corrected chi connectivity index (χ4v) is 1.36. The number of hydrazone groups is 1. The van der Waals surface area contributed by atoms with Gasteiger partial charge in [0.1, 0.15) is 6.07 Å². The number of rotatable bonds is 4. The summed E-state index contributed by atoms with van der Waals surface area (Å²) in [5, 5.41) is 27.0. The average Bonchev–Trinajstić information content (AvgIpc) is 2.88. The van der Waals surface area contributed by atoms with Crippen LogP contribution in [0.5, 0.6) is 5.75 Å². The van der Waals surface area contributed by atoms with Crippen LogP contribution in [0.1, 0.15) is 0 Å². The number of anilines is 1. The minimum Gasteiger partial charge on any atom is -0.494 e. The molecule has 0 aliphatic rings. The van der Waals surface area contributed by atoms with Crippen molar-refractivity contribution in [1.29, 1.82) is 10.7 Å². The van der Waals surface area contributed by atoms with Crippen LogP contribution in [0.25, 0.3) is 11.0 Å². The van der Waals surface area contributed by atoms with Gasteiger partial charge in [0.2, 0.25) is 5.71 Å². The molecule has 19 heavy (non-hydrogen) atoms. The van der Waals surface area contributed by atoms with E-state index in [1.54, 1.807) is 18.2 Å². The first-order valence-electron chi connectivity index (χ1n) is 5.04.